The molecule has 0 amide bonds. The van der Waals surface area contributed by atoms with Gasteiger partial charge in [-0.3, -0.25) is 4.99 Å². The topological polar surface area (TPSA) is 75.1 Å². The molecule has 1 aromatic carbocycles. The maximum atomic E-state index is 10.1. The van der Waals surface area contributed by atoms with Crippen LogP contribution in [0.15, 0.2) is 29.3 Å². The molecular formula is C19H33N3O3. The molecule has 0 saturated heterocycles. The lowest BCUT2D eigenvalue weighted by molar-refractivity contribution is 0.114. The zero-order chi connectivity index (χ0) is 18.3. The minimum Gasteiger partial charge on any atom is -0.491 e. The highest BCUT2D eigenvalue weighted by atomic mass is 16.5. The number of aliphatic imine (C=N–C) groups is 1. The monoisotopic (exact) mass is 351 g/mol. The van der Waals surface area contributed by atoms with Gasteiger partial charge in [-0.2, -0.15) is 0 Å². The Labute approximate surface area is 151 Å². The minimum absolute atomic E-state index is 0.223. The van der Waals surface area contributed by atoms with Crippen LogP contribution in [-0.4, -0.2) is 56.6 Å². The Morgan fingerprint density at radius 3 is 2.80 bits per heavy atom. The second-order valence-electron chi connectivity index (χ2n) is 5.83. The molecule has 6 nitrogen and oxygen atoms in total. The van der Waals surface area contributed by atoms with Gasteiger partial charge in [0.25, 0.3) is 0 Å². The third-order valence-corrected chi connectivity index (χ3v) is 3.45. The first-order chi connectivity index (χ1) is 12.2. The van der Waals surface area contributed by atoms with E-state index in [0.29, 0.717) is 12.5 Å². The standard InChI is InChI=1S/C19H33N3O3/c1-4-20-19(21-11-6-7-12-24-5-2)22-14-17(23)15-25-18-10-8-9-16(3)13-18/h8-10,13,17,23H,4-7,11-12,14-15H2,1-3H3,(H2,20,21,22). The fourth-order valence-corrected chi connectivity index (χ4v) is 2.17. The van der Waals surface area contributed by atoms with Gasteiger partial charge in [-0.05, 0) is 51.3 Å². The smallest absolute Gasteiger partial charge is 0.191 e. The molecule has 1 unspecified atom stereocenters. The van der Waals surface area contributed by atoms with Gasteiger partial charge in [-0.1, -0.05) is 12.1 Å². The number of guanidine groups is 1. The predicted octanol–water partition coefficient (Wildman–Crippen LogP) is 2.11. The summed E-state index contributed by atoms with van der Waals surface area (Å²) in [5, 5.41) is 16.5. The van der Waals surface area contributed by atoms with Crippen molar-refractivity contribution in [2.75, 3.05) is 39.5 Å². The number of aliphatic hydroxyl groups is 1. The number of ether oxygens (including phenoxy) is 2. The summed E-state index contributed by atoms with van der Waals surface area (Å²) in [6, 6.07) is 7.78. The van der Waals surface area contributed by atoms with Gasteiger partial charge < -0.3 is 25.2 Å². The van der Waals surface area contributed by atoms with Crippen LogP contribution < -0.4 is 15.4 Å². The third-order valence-electron chi connectivity index (χ3n) is 3.45. The fraction of sp³-hybridized carbons (Fsp3) is 0.632. The molecule has 1 aromatic rings. The van der Waals surface area contributed by atoms with Gasteiger partial charge in [0, 0.05) is 26.3 Å². The molecule has 0 aliphatic carbocycles. The van der Waals surface area contributed by atoms with Crippen LogP contribution in [0.3, 0.4) is 0 Å². The van der Waals surface area contributed by atoms with E-state index in [0.717, 1.165) is 50.5 Å². The Morgan fingerprint density at radius 1 is 1.24 bits per heavy atom. The van der Waals surface area contributed by atoms with Crippen molar-refractivity contribution in [3.05, 3.63) is 29.8 Å². The molecule has 0 fully saturated rings. The molecule has 0 saturated carbocycles. The van der Waals surface area contributed by atoms with Crippen LogP contribution in [0, 0.1) is 6.92 Å². The summed E-state index contributed by atoms with van der Waals surface area (Å²) in [7, 11) is 0. The number of hydrogen-bond acceptors (Lipinski definition) is 4. The van der Waals surface area contributed by atoms with Gasteiger partial charge in [0.1, 0.15) is 18.5 Å². The second kappa shape index (κ2) is 13.5. The summed E-state index contributed by atoms with van der Waals surface area (Å²) >= 11 is 0. The van der Waals surface area contributed by atoms with Crippen molar-refractivity contribution in [1.29, 1.82) is 0 Å². The maximum absolute atomic E-state index is 10.1. The lowest BCUT2D eigenvalue weighted by Gasteiger charge is -2.14. The van der Waals surface area contributed by atoms with Crippen molar-refractivity contribution in [1.82, 2.24) is 10.6 Å². The highest BCUT2D eigenvalue weighted by Gasteiger charge is 2.06. The summed E-state index contributed by atoms with van der Waals surface area (Å²) in [4.78, 5) is 4.41. The normalized spacial score (nSPS) is 12.7. The molecule has 1 rings (SSSR count). The van der Waals surface area contributed by atoms with Gasteiger partial charge in [0.15, 0.2) is 5.96 Å². The van der Waals surface area contributed by atoms with Gasteiger partial charge >= 0.3 is 0 Å². The average molecular weight is 351 g/mol. The van der Waals surface area contributed by atoms with Gasteiger partial charge in [0.05, 0.1) is 6.54 Å². The Morgan fingerprint density at radius 2 is 2.08 bits per heavy atom. The van der Waals surface area contributed by atoms with Crippen molar-refractivity contribution >= 4 is 5.96 Å². The molecule has 0 aliphatic heterocycles. The van der Waals surface area contributed by atoms with E-state index in [9.17, 15) is 5.11 Å². The van der Waals surface area contributed by atoms with Crippen LogP contribution >= 0.6 is 0 Å². The van der Waals surface area contributed by atoms with E-state index in [1.54, 1.807) is 0 Å². The summed E-state index contributed by atoms with van der Waals surface area (Å²) in [6.45, 7) is 9.71. The molecule has 25 heavy (non-hydrogen) atoms. The van der Waals surface area contributed by atoms with E-state index in [-0.39, 0.29) is 6.61 Å². The molecular weight excluding hydrogens is 318 g/mol. The quantitative estimate of drug-likeness (QED) is 0.305. The van der Waals surface area contributed by atoms with Gasteiger partial charge in [-0.15, -0.1) is 0 Å². The van der Waals surface area contributed by atoms with E-state index < -0.39 is 6.10 Å². The number of benzene rings is 1. The molecule has 3 N–H and O–H groups in total. The first-order valence-corrected chi connectivity index (χ1v) is 9.13. The van der Waals surface area contributed by atoms with E-state index in [2.05, 4.69) is 15.6 Å². The first kappa shape index (κ1) is 21.3. The highest BCUT2D eigenvalue weighted by Crippen LogP contribution is 2.12. The van der Waals surface area contributed by atoms with Crippen LogP contribution in [-0.2, 0) is 4.74 Å². The number of rotatable bonds is 12. The molecule has 1 atom stereocenters. The Bertz CT molecular complexity index is 495. The van der Waals surface area contributed by atoms with Crippen LogP contribution in [0.4, 0.5) is 0 Å². The number of hydrogen-bond donors (Lipinski definition) is 3. The zero-order valence-electron chi connectivity index (χ0n) is 15.8. The van der Waals surface area contributed by atoms with Crippen LogP contribution in [0.5, 0.6) is 5.75 Å². The Balaban J connectivity index is 2.29. The lowest BCUT2D eigenvalue weighted by atomic mass is 10.2. The molecule has 6 heteroatoms. The summed E-state index contributed by atoms with van der Waals surface area (Å²) in [5.41, 5.74) is 1.13. The lowest BCUT2D eigenvalue weighted by Crippen LogP contribution is -2.38. The van der Waals surface area contributed by atoms with E-state index in [4.69, 9.17) is 9.47 Å². The predicted molar refractivity (Wildman–Crippen MR) is 102 cm³/mol. The average Bonchev–Trinajstić information content (AvgIpc) is 2.60. The van der Waals surface area contributed by atoms with Crippen LogP contribution in [0.1, 0.15) is 32.3 Å². The number of nitrogens with zero attached hydrogens (tertiary/aromatic N) is 1. The number of aryl methyl sites for hydroxylation is 1. The first-order valence-electron chi connectivity index (χ1n) is 9.13. The number of unbranched alkanes of at least 4 members (excludes halogenated alkanes) is 1. The molecule has 0 spiro atoms. The molecule has 0 bridgehead atoms. The number of aliphatic hydroxyl groups excluding tert-OH is 1. The fourth-order valence-electron chi connectivity index (χ4n) is 2.17. The maximum Gasteiger partial charge on any atom is 0.191 e. The van der Waals surface area contributed by atoms with Crippen molar-refractivity contribution in [3.63, 3.8) is 0 Å². The minimum atomic E-state index is -0.645. The van der Waals surface area contributed by atoms with Crippen molar-refractivity contribution < 1.29 is 14.6 Å². The Kier molecular flexibility index (Phi) is 11.5. The third kappa shape index (κ3) is 10.6. The molecule has 0 heterocycles. The molecule has 0 aliphatic rings. The summed E-state index contributed by atoms with van der Waals surface area (Å²) in [6.07, 6.45) is 1.39. The largest absolute Gasteiger partial charge is 0.491 e. The summed E-state index contributed by atoms with van der Waals surface area (Å²) in [5.74, 6) is 1.48. The highest BCUT2D eigenvalue weighted by molar-refractivity contribution is 5.79. The van der Waals surface area contributed by atoms with E-state index in [1.807, 2.05) is 45.0 Å². The number of nitrogens with one attached hydrogen (secondary N) is 2. The van der Waals surface area contributed by atoms with Crippen molar-refractivity contribution in [2.24, 2.45) is 4.99 Å². The molecule has 142 valence electrons. The zero-order valence-corrected chi connectivity index (χ0v) is 15.8. The van der Waals surface area contributed by atoms with E-state index in [1.165, 1.54) is 0 Å². The van der Waals surface area contributed by atoms with Crippen molar-refractivity contribution in [3.8, 4) is 5.75 Å². The molecule has 0 aromatic heterocycles. The van der Waals surface area contributed by atoms with Crippen LogP contribution in [0.2, 0.25) is 0 Å². The molecule has 0 radical (unpaired) electrons. The van der Waals surface area contributed by atoms with E-state index >= 15 is 0 Å². The van der Waals surface area contributed by atoms with Gasteiger partial charge in [-0.25, -0.2) is 0 Å². The van der Waals surface area contributed by atoms with Gasteiger partial charge in [0.2, 0.25) is 0 Å². The SMILES string of the molecule is CCNC(=NCC(O)COc1cccc(C)c1)NCCCCOCC. The summed E-state index contributed by atoms with van der Waals surface area (Å²) < 4.78 is 10.9. The Hall–Kier alpha value is -1.79. The van der Waals surface area contributed by atoms with Crippen LogP contribution in [0.25, 0.3) is 0 Å². The second-order valence-corrected chi connectivity index (χ2v) is 5.83. The van der Waals surface area contributed by atoms with Crippen molar-refractivity contribution in [2.45, 2.75) is 39.7 Å².